The lowest BCUT2D eigenvalue weighted by molar-refractivity contribution is -0.134. The Morgan fingerprint density at radius 3 is 2.86 bits per heavy atom. The van der Waals surface area contributed by atoms with Gasteiger partial charge in [0.2, 0.25) is 11.8 Å². The average Bonchev–Trinajstić information content (AvgIpc) is 2.75. The number of aromatic nitrogens is 2. The predicted octanol–water partition coefficient (Wildman–Crippen LogP) is 0.792. The summed E-state index contributed by atoms with van der Waals surface area (Å²) in [5.74, 6) is -2.12. The van der Waals surface area contributed by atoms with Crippen molar-refractivity contribution in [2.45, 2.75) is 18.8 Å². The van der Waals surface area contributed by atoms with Crippen LogP contribution < -0.4 is 5.32 Å². The van der Waals surface area contributed by atoms with Gasteiger partial charge in [-0.05, 0) is 18.6 Å². The van der Waals surface area contributed by atoms with Crippen molar-refractivity contribution in [3.05, 3.63) is 29.5 Å². The van der Waals surface area contributed by atoms with Gasteiger partial charge < -0.3 is 5.11 Å². The summed E-state index contributed by atoms with van der Waals surface area (Å²) < 4.78 is 1.56. The molecule has 0 aliphatic carbocycles. The Morgan fingerprint density at radius 2 is 2.19 bits per heavy atom. The molecule has 1 fully saturated rings. The van der Waals surface area contributed by atoms with Gasteiger partial charge in [0.1, 0.15) is 0 Å². The molecule has 21 heavy (non-hydrogen) atoms. The molecule has 2 amide bonds. The molecule has 0 spiro atoms. The van der Waals surface area contributed by atoms with Crippen molar-refractivity contribution in [3.8, 4) is 0 Å². The van der Waals surface area contributed by atoms with Gasteiger partial charge >= 0.3 is 5.97 Å². The summed E-state index contributed by atoms with van der Waals surface area (Å²) in [6.07, 6.45) is 0.694. The minimum Gasteiger partial charge on any atom is -0.478 e. The molecule has 0 saturated carbocycles. The van der Waals surface area contributed by atoms with Gasteiger partial charge in [-0.25, -0.2) is 4.79 Å². The quantitative estimate of drug-likeness (QED) is 0.795. The number of carboxylic acids is 1. The Hall–Kier alpha value is -2.70. The predicted molar refractivity (Wildman–Crippen MR) is 72.8 cm³/mol. The molecule has 1 unspecified atom stereocenters. The van der Waals surface area contributed by atoms with Crippen LogP contribution in [0, 0.1) is 0 Å². The Morgan fingerprint density at radius 1 is 1.43 bits per heavy atom. The zero-order valence-corrected chi connectivity index (χ0v) is 11.3. The standard InChI is InChI=1S/C14H13N3O4/c1-17-10-6-7(14(20)21)2-3-8(10)12(16-17)9-4-5-11(18)15-13(9)19/h2-3,6,9H,4-5H2,1H3,(H,20,21)(H,15,18,19). The number of amides is 2. The molecular formula is C14H13N3O4. The summed E-state index contributed by atoms with van der Waals surface area (Å²) in [6.45, 7) is 0. The fraction of sp³-hybridized carbons (Fsp3) is 0.286. The first-order chi connectivity index (χ1) is 9.97. The van der Waals surface area contributed by atoms with E-state index in [1.807, 2.05) is 0 Å². The molecule has 0 radical (unpaired) electrons. The molecule has 3 rings (SSSR count). The lowest BCUT2D eigenvalue weighted by Gasteiger charge is -2.19. The van der Waals surface area contributed by atoms with Gasteiger partial charge in [-0.1, -0.05) is 6.07 Å². The summed E-state index contributed by atoms with van der Waals surface area (Å²) in [6, 6.07) is 4.67. The van der Waals surface area contributed by atoms with E-state index < -0.39 is 11.9 Å². The second kappa shape index (κ2) is 4.69. The van der Waals surface area contributed by atoms with E-state index in [0.717, 1.165) is 5.39 Å². The van der Waals surface area contributed by atoms with Crippen LogP contribution in [0.15, 0.2) is 18.2 Å². The molecule has 2 aromatic rings. The topological polar surface area (TPSA) is 101 Å². The Kier molecular flexibility index (Phi) is 2.97. The number of imide groups is 1. The van der Waals surface area contributed by atoms with E-state index in [1.165, 1.54) is 12.1 Å². The minimum atomic E-state index is -1.01. The Labute approximate surface area is 119 Å². The third kappa shape index (κ3) is 2.16. The van der Waals surface area contributed by atoms with Gasteiger partial charge in [0.15, 0.2) is 0 Å². The second-order valence-electron chi connectivity index (χ2n) is 5.05. The third-order valence-corrected chi connectivity index (χ3v) is 3.70. The van der Waals surface area contributed by atoms with Crippen molar-refractivity contribution < 1.29 is 19.5 Å². The third-order valence-electron chi connectivity index (χ3n) is 3.70. The molecule has 1 aromatic carbocycles. The van der Waals surface area contributed by atoms with Crippen LogP contribution in [0.4, 0.5) is 0 Å². The molecule has 108 valence electrons. The average molecular weight is 287 g/mol. The highest BCUT2D eigenvalue weighted by atomic mass is 16.4. The fourth-order valence-corrected chi connectivity index (χ4v) is 2.63. The first-order valence-corrected chi connectivity index (χ1v) is 6.51. The monoisotopic (exact) mass is 287 g/mol. The highest BCUT2D eigenvalue weighted by Gasteiger charge is 2.31. The van der Waals surface area contributed by atoms with Crippen molar-refractivity contribution in [3.63, 3.8) is 0 Å². The van der Waals surface area contributed by atoms with Crippen molar-refractivity contribution in [1.29, 1.82) is 0 Å². The molecule has 1 aliphatic heterocycles. The lowest BCUT2D eigenvalue weighted by atomic mass is 9.92. The van der Waals surface area contributed by atoms with E-state index >= 15 is 0 Å². The number of carboxylic acid groups (broad SMARTS) is 1. The number of carbonyl (C=O) groups excluding carboxylic acids is 2. The largest absolute Gasteiger partial charge is 0.478 e. The highest BCUT2D eigenvalue weighted by Crippen LogP contribution is 2.30. The maximum absolute atomic E-state index is 12.0. The molecule has 1 atom stereocenters. The Balaban J connectivity index is 2.10. The van der Waals surface area contributed by atoms with E-state index in [4.69, 9.17) is 5.11 Å². The number of nitrogens with one attached hydrogen (secondary N) is 1. The Bertz CT molecular complexity index is 778. The van der Waals surface area contributed by atoms with Gasteiger partial charge in [-0.15, -0.1) is 0 Å². The van der Waals surface area contributed by atoms with Crippen LogP contribution in [0.25, 0.3) is 10.9 Å². The highest BCUT2D eigenvalue weighted by molar-refractivity contribution is 6.03. The van der Waals surface area contributed by atoms with Crippen molar-refractivity contribution in [2.75, 3.05) is 0 Å². The first-order valence-electron chi connectivity index (χ1n) is 6.51. The number of carbonyl (C=O) groups is 3. The number of hydrogen-bond acceptors (Lipinski definition) is 4. The van der Waals surface area contributed by atoms with Crippen LogP contribution >= 0.6 is 0 Å². The zero-order valence-electron chi connectivity index (χ0n) is 11.3. The summed E-state index contributed by atoms with van der Waals surface area (Å²) in [4.78, 5) is 34.2. The number of fused-ring (bicyclic) bond motifs is 1. The number of nitrogens with zero attached hydrogens (tertiary/aromatic N) is 2. The van der Waals surface area contributed by atoms with E-state index in [1.54, 1.807) is 17.8 Å². The number of aryl methyl sites for hydroxylation is 1. The van der Waals surface area contributed by atoms with Gasteiger partial charge in [-0.2, -0.15) is 5.10 Å². The van der Waals surface area contributed by atoms with E-state index in [0.29, 0.717) is 17.6 Å². The maximum atomic E-state index is 12.0. The summed E-state index contributed by atoms with van der Waals surface area (Å²) >= 11 is 0. The van der Waals surface area contributed by atoms with Gasteiger partial charge in [0.05, 0.1) is 22.7 Å². The normalized spacial score (nSPS) is 18.8. The van der Waals surface area contributed by atoms with E-state index in [9.17, 15) is 14.4 Å². The number of rotatable bonds is 2. The van der Waals surface area contributed by atoms with Crippen LogP contribution in [0.2, 0.25) is 0 Å². The smallest absolute Gasteiger partial charge is 0.335 e. The van der Waals surface area contributed by atoms with Gasteiger partial charge in [-0.3, -0.25) is 19.6 Å². The van der Waals surface area contributed by atoms with E-state index in [2.05, 4.69) is 10.4 Å². The maximum Gasteiger partial charge on any atom is 0.335 e. The minimum absolute atomic E-state index is 0.167. The van der Waals surface area contributed by atoms with Crippen LogP contribution in [0.3, 0.4) is 0 Å². The lowest BCUT2D eigenvalue weighted by Crippen LogP contribution is -2.39. The fourth-order valence-electron chi connectivity index (χ4n) is 2.63. The molecule has 0 bridgehead atoms. The molecule has 1 saturated heterocycles. The number of hydrogen-bond donors (Lipinski definition) is 2. The van der Waals surface area contributed by atoms with Crippen molar-refractivity contribution in [2.24, 2.45) is 7.05 Å². The SMILES string of the molecule is Cn1nc(C2CCC(=O)NC2=O)c2ccc(C(=O)O)cc21. The molecule has 7 heteroatoms. The molecule has 7 nitrogen and oxygen atoms in total. The van der Waals surface area contributed by atoms with Crippen LogP contribution in [-0.4, -0.2) is 32.7 Å². The molecule has 1 aliphatic rings. The van der Waals surface area contributed by atoms with Crippen LogP contribution in [0.1, 0.15) is 34.8 Å². The molecule has 2 N–H and O–H groups in total. The first kappa shape index (κ1) is 13.3. The number of benzene rings is 1. The van der Waals surface area contributed by atoms with Gasteiger partial charge in [0.25, 0.3) is 0 Å². The molecule has 2 heterocycles. The van der Waals surface area contributed by atoms with Crippen LogP contribution in [-0.2, 0) is 16.6 Å². The zero-order chi connectivity index (χ0) is 15.1. The number of piperidine rings is 1. The van der Waals surface area contributed by atoms with Gasteiger partial charge in [0, 0.05) is 18.9 Å². The summed E-state index contributed by atoms with van der Waals surface area (Å²) in [5, 5.41) is 16.4. The summed E-state index contributed by atoms with van der Waals surface area (Å²) in [5.41, 5.74) is 1.39. The second-order valence-corrected chi connectivity index (χ2v) is 5.05. The molecular weight excluding hydrogens is 274 g/mol. The summed E-state index contributed by atoms with van der Waals surface area (Å²) in [7, 11) is 1.70. The van der Waals surface area contributed by atoms with Crippen LogP contribution in [0.5, 0.6) is 0 Å². The van der Waals surface area contributed by atoms with Crippen molar-refractivity contribution in [1.82, 2.24) is 15.1 Å². The van der Waals surface area contributed by atoms with Crippen molar-refractivity contribution >= 4 is 28.7 Å². The molecule has 1 aromatic heterocycles. The van der Waals surface area contributed by atoms with E-state index in [-0.39, 0.29) is 23.8 Å². The number of aromatic carboxylic acids is 1.